The summed E-state index contributed by atoms with van der Waals surface area (Å²) in [6.07, 6.45) is 11.5. The molecule has 1 aromatic heterocycles. The van der Waals surface area contributed by atoms with E-state index in [1.54, 1.807) is 6.20 Å². The van der Waals surface area contributed by atoms with Gasteiger partial charge < -0.3 is 0 Å². The summed E-state index contributed by atoms with van der Waals surface area (Å²) in [5.41, 5.74) is 0.774. The van der Waals surface area contributed by atoms with Crippen LogP contribution in [0.2, 0.25) is 0 Å². The van der Waals surface area contributed by atoms with Gasteiger partial charge in [-0.2, -0.15) is 0 Å². The summed E-state index contributed by atoms with van der Waals surface area (Å²) in [7, 11) is 0. The van der Waals surface area contributed by atoms with E-state index in [0.29, 0.717) is 5.82 Å². The van der Waals surface area contributed by atoms with E-state index in [9.17, 15) is 0 Å². The zero-order chi connectivity index (χ0) is 8.93. The SMILES string of the molecule is C1=CN=C(c2ncncn2)C=CC1. The van der Waals surface area contributed by atoms with Gasteiger partial charge in [-0.3, -0.25) is 4.99 Å². The Morgan fingerprint density at radius 2 is 1.92 bits per heavy atom. The highest BCUT2D eigenvalue weighted by Gasteiger charge is 2.01. The van der Waals surface area contributed by atoms with Crippen LogP contribution in [0.25, 0.3) is 0 Å². The molecule has 1 aromatic rings. The molecule has 0 amide bonds. The molecule has 0 N–H and O–H groups in total. The van der Waals surface area contributed by atoms with E-state index in [2.05, 4.69) is 19.9 Å². The molecule has 13 heavy (non-hydrogen) atoms. The molecular weight excluding hydrogens is 164 g/mol. The predicted molar refractivity (Wildman–Crippen MR) is 49.3 cm³/mol. The lowest BCUT2D eigenvalue weighted by atomic mass is 10.3. The van der Waals surface area contributed by atoms with Gasteiger partial charge in [-0.05, 0) is 12.5 Å². The summed E-state index contributed by atoms with van der Waals surface area (Å²) in [5.74, 6) is 0.609. The number of allylic oxidation sites excluding steroid dienone is 3. The van der Waals surface area contributed by atoms with Crippen LogP contribution in [0.15, 0.2) is 42.1 Å². The maximum atomic E-state index is 4.19. The van der Waals surface area contributed by atoms with Crippen LogP contribution < -0.4 is 0 Å². The summed E-state index contributed by atoms with van der Waals surface area (Å²) in [4.78, 5) is 15.9. The maximum Gasteiger partial charge on any atom is 0.181 e. The van der Waals surface area contributed by atoms with Gasteiger partial charge in [0.25, 0.3) is 0 Å². The smallest absolute Gasteiger partial charge is 0.181 e. The Labute approximate surface area is 75.8 Å². The van der Waals surface area contributed by atoms with Crippen molar-refractivity contribution in [1.82, 2.24) is 15.0 Å². The van der Waals surface area contributed by atoms with Gasteiger partial charge in [0.05, 0.1) is 0 Å². The number of aromatic nitrogens is 3. The second-order valence-corrected chi connectivity index (χ2v) is 2.50. The lowest BCUT2D eigenvalue weighted by Gasteiger charge is -1.94. The fourth-order valence-electron chi connectivity index (χ4n) is 0.999. The Morgan fingerprint density at radius 1 is 1.08 bits per heavy atom. The van der Waals surface area contributed by atoms with E-state index in [4.69, 9.17) is 0 Å². The van der Waals surface area contributed by atoms with Crippen molar-refractivity contribution in [3.8, 4) is 0 Å². The molecule has 2 heterocycles. The lowest BCUT2D eigenvalue weighted by Crippen LogP contribution is -2.02. The summed E-state index contributed by atoms with van der Waals surface area (Å²) in [6.45, 7) is 0. The van der Waals surface area contributed by atoms with Crippen LogP contribution in [0, 0.1) is 0 Å². The van der Waals surface area contributed by atoms with Gasteiger partial charge in [0.2, 0.25) is 0 Å². The summed E-state index contributed by atoms with van der Waals surface area (Å²) in [6, 6.07) is 0. The van der Waals surface area contributed by atoms with E-state index in [1.165, 1.54) is 12.7 Å². The number of rotatable bonds is 1. The molecule has 0 fully saturated rings. The van der Waals surface area contributed by atoms with E-state index in [-0.39, 0.29) is 0 Å². The number of aliphatic imine (C=N–C) groups is 1. The molecular formula is C9H8N4. The minimum absolute atomic E-state index is 0.609. The van der Waals surface area contributed by atoms with Crippen LogP contribution in [0.4, 0.5) is 0 Å². The zero-order valence-corrected chi connectivity index (χ0v) is 6.96. The van der Waals surface area contributed by atoms with Crippen molar-refractivity contribution < 1.29 is 0 Å². The minimum atomic E-state index is 0.609. The van der Waals surface area contributed by atoms with Crippen molar-refractivity contribution in [3.05, 3.63) is 42.9 Å². The Morgan fingerprint density at radius 3 is 2.77 bits per heavy atom. The molecule has 0 bridgehead atoms. The minimum Gasteiger partial charge on any atom is -0.253 e. The van der Waals surface area contributed by atoms with Crippen LogP contribution >= 0.6 is 0 Å². The van der Waals surface area contributed by atoms with Gasteiger partial charge >= 0.3 is 0 Å². The highest BCUT2D eigenvalue weighted by molar-refractivity contribution is 6.06. The van der Waals surface area contributed by atoms with E-state index in [1.807, 2.05) is 18.2 Å². The third-order valence-electron chi connectivity index (χ3n) is 1.59. The van der Waals surface area contributed by atoms with Gasteiger partial charge in [-0.1, -0.05) is 12.2 Å². The van der Waals surface area contributed by atoms with Crippen molar-refractivity contribution in [1.29, 1.82) is 0 Å². The largest absolute Gasteiger partial charge is 0.253 e. The van der Waals surface area contributed by atoms with Gasteiger partial charge in [0, 0.05) is 6.20 Å². The van der Waals surface area contributed by atoms with Crippen LogP contribution in [-0.2, 0) is 0 Å². The Balaban J connectivity index is 2.36. The number of hydrogen-bond acceptors (Lipinski definition) is 4. The van der Waals surface area contributed by atoms with Crippen LogP contribution in [0.5, 0.6) is 0 Å². The molecule has 0 radical (unpaired) electrons. The molecule has 0 unspecified atom stereocenters. The first kappa shape index (κ1) is 7.79. The van der Waals surface area contributed by atoms with Crippen molar-refractivity contribution in [2.45, 2.75) is 6.42 Å². The third kappa shape index (κ3) is 1.84. The van der Waals surface area contributed by atoms with Crippen molar-refractivity contribution in [2.24, 2.45) is 4.99 Å². The quantitative estimate of drug-likeness (QED) is 0.638. The maximum absolute atomic E-state index is 4.19. The average Bonchev–Trinajstić information content (AvgIpc) is 2.47. The first-order chi connectivity index (χ1) is 6.47. The molecule has 0 saturated carbocycles. The average molecular weight is 172 g/mol. The topological polar surface area (TPSA) is 51.0 Å². The molecule has 4 heteroatoms. The number of hydrogen-bond donors (Lipinski definition) is 0. The Hall–Kier alpha value is -1.84. The highest BCUT2D eigenvalue weighted by atomic mass is 15.0. The van der Waals surface area contributed by atoms with Crippen molar-refractivity contribution >= 4 is 5.71 Å². The zero-order valence-electron chi connectivity index (χ0n) is 6.96. The molecule has 64 valence electrons. The van der Waals surface area contributed by atoms with E-state index in [0.717, 1.165) is 12.1 Å². The van der Waals surface area contributed by atoms with Crippen LogP contribution in [-0.4, -0.2) is 20.7 Å². The van der Waals surface area contributed by atoms with Gasteiger partial charge in [0.1, 0.15) is 18.4 Å². The Kier molecular flexibility index (Phi) is 2.22. The number of nitrogens with zero attached hydrogens (tertiary/aromatic N) is 4. The van der Waals surface area contributed by atoms with Crippen LogP contribution in [0.3, 0.4) is 0 Å². The van der Waals surface area contributed by atoms with Gasteiger partial charge in [-0.25, -0.2) is 15.0 Å². The normalized spacial score (nSPS) is 15.2. The molecule has 0 aromatic carbocycles. The molecule has 0 atom stereocenters. The molecule has 1 aliphatic rings. The van der Waals surface area contributed by atoms with Gasteiger partial charge in [0.15, 0.2) is 5.82 Å². The molecule has 4 nitrogen and oxygen atoms in total. The molecule has 1 aliphatic heterocycles. The molecule has 0 spiro atoms. The second-order valence-electron chi connectivity index (χ2n) is 2.50. The fraction of sp³-hybridized carbons (Fsp3) is 0.111. The third-order valence-corrected chi connectivity index (χ3v) is 1.59. The van der Waals surface area contributed by atoms with Crippen molar-refractivity contribution in [3.63, 3.8) is 0 Å². The standard InChI is InChI=1S/C9H8N4/c1-2-4-8(11-5-3-1)9-12-6-10-7-13-9/h2-7H,1H2. The first-order valence-electron chi connectivity index (χ1n) is 3.98. The van der Waals surface area contributed by atoms with Gasteiger partial charge in [-0.15, -0.1) is 0 Å². The van der Waals surface area contributed by atoms with E-state index >= 15 is 0 Å². The summed E-state index contributed by atoms with van der Waals surface area (Å²) in [5, 5.41) is 0. The van der Waals surface area contributed by atoms with E-state index < -0.39 is 0 Å². The highest BCUT2D eigenvalue weighted by Crippen LogP contribution is 2.00. The Bertz CT molecular complexity index is 364. The van der Waals surface area contributed by atoms with Crippen LogP contribution in [0.1, 0.15) is 12.2 Å². The molecule has 0 saturated heterocycles. The predicted octanol–water partition coefficient (Wildman–Crippen LogP) is 1.13. The molecule has 2 rings (SSSR count). The first-order valence-corrected chi connectivity index (χ1v) is 3.98. The summed E-state index contributed by atoms with van der Waals surface area (Å²) < 4.78 is 0. The van der Waals surface area contributed by atoms with Crippen molar-refractivity contribution in [2.75, 3.05) is 0 Å². The second kappa shape index (κ2) is 3.71. The summed E-state index contributed by atoms with van der Waals surface area (Å²) >= 11 is 0. The fourth-order valence-corrected chi connectivity index (χ4v) is 0.999. The lowest BCUT2D eigenvalue weighted by molar-refractivity contribution is 1.03. The molecule has 0 aliphatic carbocycles. The monoisotopic (exact) mass is 172 g/mol.